The Morgan fingerprint density at radius 1 is 0.792 bits per heavy atom. The van der Waals surface area contributed by atoms with E-state index in [1.807, 2.05) is 0 Å². The Morgan fingerprint density at radius 3 is 1.79 bits per heavy atom. The van der Waals surface area contributed by atoms with Crippen LogP contribution in [0, 0.1) is 36.0 Å². The third kappa shape index (κ3) is 2.62. The number of isocyanates is 2. The van der Waals surface area contributed by atoms with Crippen LogP contribution in [-0.2, 0) is 9.59 Å². The zero-order chi connectivity index (χ0) is 18.0. The molecule has 2 aromatic rings. The van der Waals surface area contributed by atoms with Crippen LogP contribution in [-0.4, -0.2) is 12.2 Å². The van der Waals surface area contributed by atoms with Gasteiger partial charge in [-0.2, -0.15) is 9.98 Å². The maximum Gasteiger partial charge on any atom is 0.240 e. The summed E-state index contributed by atoms with van der Waals surface area (Å²) in [4.78, 5) is 27.4. The van der Waals surface area contributed by atoms with E-state index < -0.39 is 45.9 Å². The molecule has 0 amide bonds. The van der Waals surface area contributed by atoms with E-state index in [-0.39, 0.29) is 11.3 Å². The topological polar surface area (TPSA) is 58.9 Å². The molecule has 0 heterocycles. The van der Waals surface area contributed by atoms with E-state index in [1.54, 1.807) is 0 Å². The zero-order valence-electron chi connectivity index (χ0n) is 11.8. The number of hydrogen-bond acceptors (Lipinski definition) is 4. The van der Waals surface area contributed by atoms with Crippen LogP contribution in [0.25, 0.3) is 11.1 Å². The molecule has 0 radical (unpaired) electrons. The highest BCUT2D eigenvalue weighted by Crippen LogP contribution is 2.41. The SMILES string of the molecule is Cc1c(N=C=O)ccc(-c2c(F)c(F)c(F)c(F)c2F)c1N=C=O. The summed E-state index contributed by atoms with van der Waals surface area (Å²) >= 11 is 0. The molecule has 0 atom stereocenters. The van der Waals surface area contributed by atoms with Crippen LogP contribution in [0.5, 0.6) is 0 Å². The van der Waals surface area contributed by atoms with Gasteiger partial charge in [-0.1, -0.05) is 0 Å². The Labute approximate surface area is 131 Å². The van der Waals surface area contributed by atoms with Gasteiger partial charge < -0.3 is 0 Å². The van der Waals surface area contributed by atoms with Crippen molar-refractivity contribution in [2.45, 2.75) is 6.92 Å². The van der Waals surface area contributed by atoms with E-state index in [0.29, 0.717) is 0 Å². The van der Waals surface area contributed by atoms with Crippen LogP contribution < -0.4 is 0 Å². The molecule has 0 fully saturated rings. The molecule has 0 spiro atoms. The standard InChI is InChI=1S/C15H5F5N2O2/c1-6-8(21-4-23)3-2-7(15(6)22-5-24)9-10(16)12(18)14(20)13(19)11(9)17/h2-3H,1H3. The number of nitrogens with zero attached hydrogens (tertiary/aromatic N) is 2. The van der Waals surface area contributed by atoms with Crippen LogP contribution in [0.4, 0.5) is 33.3 Å². The molecule has 0 saturated heterocycles. The molecule has 0 aliphatic heterocycles. The van der Waals surface area contributed by atoms with E-state index in [0.717, 1.165) is 18.2 Å². The molecule has 24 heavy (non-hydrogen) atoms. The molecule has 0 bridgehead atoms. The highest BCUT2D eigenvalue weighted by Gasteiger charge is 2.28. The second-order valence-electron chi connectivity index (χ2n) is 4.46. The largest absolute Gasteiger partial charge is 0.240 e. The fourth-order valence-electron chi connectivity index (χ4n) is 2.09. The van der Waals surface area contributed by atoms with Crippen molar-refractivity contribution in [2.75, 3.05) is 0 Å². The quantitative estimate of drug-likeness (QED) is 0.275. The Bertz CT molecular complexity index is 917. The lowest BCUT2D eigenvalue weighted by molar-refractivity contribution is 0.381. The van der Waals surface area contributed by atoms with Crippen LogP contribution in [0.1, 0.15) is 5.56 Å². The molecular formula is C15H5F5N2O2. The van der Waals surface area contributed by atoms with Gasteiger partial charge in [0.2, 0.25) is 18.0 Å². The zero-order valence-corrected chi connectivity index (χ0v) is 11.8. The second-order valence-corrected chi connectivity index (χ2v) is 4.46. The third-order valence-electron chi connectivity index (χ3n) is 3.21. The lowest BCUT2D eigenvalue weighted by Gasteiger charge is -2.12. The predicted molar refractivity (Wildman–Crippen MR) is 72.0 cm³/mol. The van der Waals surface area contributed by atoms with Gasteiger partial charge in [-0.05, 0) is 19.1 Å². The normalized spacial score (nSPS) is 10.1. The number of rotatable bonds is 3. The predicted octanol–water partition coefficient (Wildman–Crippen LogP) is 4.29. The van der Waals surface area contributed by atoms with Crippen LogP contribution in [0.2, 0.25) is 0 Å². The summed E-state index contributed by atoms with van der Waals surface area (Å²) in [5.74, 6) is -10.8. The van der Waals surface area contributed by atoms with E-state index in [9.17, 15) is 31.5 Å². The van der Waals surface area contributed by atoms with Gasteiger partial charge in [0.15, 0.2) is 23.3 Å². The van der Waals surface area contributed by atoms with Gasteiger partial charge >= 0.3 is 0 Å². The van der Waals surface area contributed by atoms with E-state index in [1.165, 1.54) is 13.0 Å². The third-order valence-corrected chi connectivity index (χ3v) is 3.21. The monoisotopic (exact) mass is 340 g/mol. The first-order valence-electron chi connectivity index (χ1n) is 6.16. The Kier molecular flexibility index (Phi) is 4.69. The van der Waals surface area contributed by atoms with Crippen LogP contribution in [0.3, 0.4) is 0 Å². The molecular weight excluding hydrogens is 335 g/mol. The molecule has 2 aromatic carbocycles. The minimum atomic E-state index is -2.31. The van der Waals surface area contributed by atoms with Crippen molar-refractivity contribution in [1.29, 1.82) is 0 Å². The minimum Gasteiger partial charge on any atom is -0.211 e. The van der Waals surface area contributed by atoms with Gasteiger partial charge in [-0.25, -0.2) is 31.5 Å². The summed E-state index contributed by atoms with van der Waals surface area (Å²) in [5, 5.41) is 0. The highest BCUT2D eigenvalue weighted by atomic mass is 19.2. The van der Waals surface area contributed by atoms with Gasteiger partial charge in [-0.15, -0.1) is 0 Å². The molecule has 9 heteroatoms. The second kappa shape index (κ2) is 6.54. The molecule has 0 N–H and O–H groups in total. The molecule has 0 aromatic heterocycles. The molecule has 2 rings (SSSR count). The highest BCUT2D eigenvalue weighted by molar-refractivity contribution is 5.84. The molecule has 4 nitrogen and oxygen atoms in total. The Balaban J connectivity index is 2.96. The van der Waals surface area contributed by atoms with Crippen LogP contribution in [0.15, 0.2) is 22.1 Å². The number of hydrogen-bond donors (Lipinski definition) is 0. The van der Waals surface area contributed by atoms with E-state index in [4.69, 9.17) is 0 Å². The number of benzene rings is 2. The van der Waals surface area contributed by atoms with Crippen molar-refractivity contribution in [3.8, 4) is 11.1 Å². The average Bonchev–Trinajstić information content (AvgIpc) is 2.56. The summed E-state index contributed by atoms with van der Waals surface area (Å²) in [5.41, 5.74) is -2.31. The van der Waals surface area contributed by atoms with Crippen molar-refractivity contribution in [2.24, 2.45) is 9.98 Å². The van der Waals surface area contributed by atoms with Crippen molar-refractivity contribution in [1.82, 2.24) is 0 Å². The minimum absolute atomic E-state index is 0.0110. The smallest absolute Gasteiger partial charge is 0.211 e. The maximum absolute atomic E-state index is 13.9. The Hall–Kier alpha value is -3.15. The fraction of sp³-hybridized carbons (Fsp3) is 0.0667. The molecule has 0 saturated carbocycles. The van der Waals surface area contributed by atoms with E-state index >= 15 is 0 Å². The summed E-state index contributed by atoms with van der Waals surface area (Å²) < 4.78 is 67.8. The van der Waals surface area contributed by atoms with Crippen molar-refractivity contribution in [3.63, 3.8) is 0 Å². The Morgan fingerprint density at radius 2 is 1.29 bits per heavy atom. The molecule has 122 valence electrons. The first-order valence-corrected chi connectivity index (χ1v) is 6.16. The van der Waals surface area contributed by atoms with Gasteiger partial charge in [0.1, 0.15) is 0 Å². The molecule has 0 aliphatic carbocycles. The van der Waals surface area contributed by atoms with E-state index in [2.05, 4.69) is 9.98 Å². The lowest BCUT2D eigenvalue weighted by atomic mass is 9.98. The van der Waals surface area contributed by atoms with Gasteiger partial charge in [0, 0.05) is 11.1 Å². The van der Waals surface area contributed by atoms with Crippen molar-refractivity contribution in [3.05, 3.63) is 46.8 Å². The van der Waals surface area contributed by atoms with Gasteiger partial charge in [-0.3, -0.25) is 0 Å². The summed E-state index contributed by atoms with van der Waals surface area (Å²) in [6.07, 6.45) is 2.33. The van der Waals surface area contributed by atoms with Crippen molar-refractivity contribution < 1.29 is 31.5 Å². The van der Waals surface area contributed by atoms with Gasteiger partial charge in [0.05, 0.1) is 16.9 Å². The molecule has 0 unspecified atom stereocenters. The lowest BCUT2D eigenvalue weighted by Crippen LogP contribution is -2.04. The number of halogens is 5. The first-order chi connectivity index (χ1) is 11.3. The fourth-order valence-corrected chi connectivity index (χ4v) is 2.09. The summed E-state index contributed by atoms with van der Waals surface area (Å²) in [6, 6.07) is 2.00. The summed E-state index contributed by atoms with van der Waals surface area (Å²) in [7, 11) is 0. The molecule has 0 aliphatic rings. The maximum atomic E-state index is 13.9. The summed E-state index contributed by atoms with van der Waals surface area (Å²) in [6.45, 7) is 1.28. The average molecular weight is 340 g/mol. The van der Waals surface area contributed by atoms with Gasteiger partial charge in [0.25, 0.3) is 0 Å². The van der Waals surface area contributed by atoms with Crippen molar-refractivity contribution >= 4 is 23.5 Å². The number of aliphatic imine (C=N–C) groups is 2. The van der Waals surface area contributed by atoms with Crippen LogP contribution >= 0.6 is 0 Å². The first kappa shape index (κ1) is 17.2. The number of carbonyl (C=O) groups excluding carboxylic acids is 2.